The molecule has 2 heterocycles. The van der Waals surface area contributed by atoms with Gasteiger partial charge >= 0.3 is 0 Å². The number of aromatic nitrogens is 3. The molecule has 2 aromatic carbocycles. The number of hydrogen-bond acceptors (Lipinski definition) is 8. The van der Waals surface area contributed by atoms with Gasteiger partial charge in [-0.2, -0.15) is 4.98 Å². The molecule has 156 valence electrons. The van der Waals surface area contributed by atoms with Crippen molar-refractivity contribution < 1.29 is 14.2 Å². The number of thioether (sulfide) groups is 1. The largest absolute Gasteiger partial charge is 0.493 e. The van der Waals surface area contributed by atoms with E-state index in [-0.39, 0.29) is 0 Å². The molecule has 0 saturated carbocycles. The number of para-hydroxylation sites is 1. The van der Waals surface area contributed by atoms with E-state index < -0.39 is 6.23 Å². The van der Waals surface area contributed by atoms with Gasteiger partial charge in [-0.15, -0.1) is 10.2 Å². The second-order valence-corrected chi connectivity index (χ2v) is 7.81. The Bertz CT molecular complexity index is 1030. The number of fused-ring (bicyclic) bond motifs is 3. The second-order valence-electron chi connectivity index (χ2n) is 6.75. The fourth-order valence-corrected chi connectivity index (χ4v) is 4.04. The number of anilines is 1. The predicted molar refractivity (Wildman–Crippen MR) is 117 cm³/mol. The normalized spacial score (nSPS) is 14.6. The fourth-order valence-electron chi connectivity index (χ4n) is 3.18. The highest BCUT2D eigenvalue weighted by Crippen LogP contribution is 2.40. The van der Waals surface area contributed by atoms with Gasteiger partial charge in [0, 0.05) is 22.6 Å². The smallest absolute Gasteiger partial charge is 0.247 e. The van der Waals surface area contributed by atoms with Crippen LogP contribution in [0.5, 0.6) is 17.4 Å². The predicted octanol–water partition coefficient (Wildman–Crippen LogP) is 4.95. The lowest BCUT2D eigenvalue weighted by Gasteiger charge is -2.20. The highest BCUT2D eigenvalue weighted by atomic mass is 32.2. The van der Waals surface area contributed by atoms with Crippen LogP contribution in [-0.2, 0) is 0 Å². The number of rotatable bonds is 7. The zero-order valence-corrected chi connectivity index (χ0v) is 18.0. The molecule has 0 amide bonds. The summed E-state index contributed by atoms with van der Waals surface area (Å²) in [6.45, 7) is 2.16. The molecule has 0 aliphatic carbocycles. The van der Waals surface area contributed by atoms with Gasteiger partial charge in [-0.25, -0.2) is 0 Å². The van der Waals surface area contributed by atoms with E-state index >= 15 is 0 Å². The van der Waals surface area contributed by atoms with Crippen molar-refractivity contribution in [3.8, 4) is 28.6 Å². The highest BCUT2D eigenvalue weighted by Gasteiger charge is 2.26. The summed E-state index contributed by atoms with van der Waals surface area (Å²) in [7, 11) is 3.23. The van der Waals surface area contributed by atoms with Crippen molar-refractivity contribution in [2.45, 2.75) is 31.1 Å². The minimum absolute atomic E-state index is 0.459. The van der Waals surface area contributed by atoms with E-state index in [1.807, 2.05) is 42.5 Å². The van der Waals surface area contributed by atoms with Crippen molar-refractivity contribution in [1.29, 1.82) is 0 Å². The van der Waals surface area contributed by atoms with Crippen LogP contribution in [0.15, 0.2) is 47.6 Å². The van der Waals surface area contributed by atoms with Crippen LogP contribution in [0.2, 0.25) is 0 Å². The molecule has 30 heavy (non-hydrogen) atoms. The van der Waals surface area contributed by atoms with Crippen LogP contribution in [0, 0.1) is 0 Å². The van der Waals surface area contributed by atoms with E-state index in [0.29, 0.717) is 28.2 Å². The molecule has 1 atom stereocenters. The number of unbranched alkanes of at least 4 members (excludes halogenated alkanes) is 1. The van der Waals surface area contributed by atoms with E-state index in [2.05, 4.69) is 27.4 Å². The molecule has 0 unspecified atom stereocenters. The quantitative estimate of drug-likeness (QED) is 0.422. The Morgan fingerprint density at radius 3 is 2.70 bits per heavy atom. The molecule has 8 heteroatoms. The molecule has 7 nitrogen and oxygen atoms in total. The summed E-state index contributed by atoms with van der Waals surface area (Å²) in [5.41, 5.74) is 3.31. The summed E-state index contributed by atoms with van der Waals surface area (Å²) < 4.78 is 17.1. The number of benzene rings is 2. The molecule has 0 saturated heterocycles. The van der Waals surface area contributed by atoms with Gasteiger partial charge in [0.05, 0.1) is 14.2 Å². The Labute approximate surface area is 180 Å². The Kier molecular flexibility index (Phi) is 6.23. The first-order valence-electron chi connectivity index (χ1n) is 9.85. The van der Waals surface area contributed by atoms with E-state index in [0.717, 1.165) is 35.4 Å². The first-order valence-corrected chi connectivity index (χ1v) is 10.8. The summed E-state index contributed by atoms with van der Waals surface area (Å²) in [5, 5.41) is 12.8. The standard InChI is InChI=1S/C22H24N4O3S/c1-4-5-12-30-22-24-21-19(25-26-22)15-8-6-7-9-16(15)23-20(29-21)14-10-11-17(27-2)18(13-14)28-3/h6-11,13,20,23H,4-5,12H2,1-3H3/t20-/m0/s1. The van der Waals surface area contributed by atoms with Crippen molar-refractivity contribution in [1.82, 2.24) is 15.2 Å². The topological polar surface area (TPSA) is 78.4 Å². The first-order chi connectivity index (χ1) is 14.7. The van der Waals surface area contributed by atoms with Gasteiger partial charge in [-0.05, 0) is 30.7 Å². The van der Waals surface area contributed by atoms with Crippen LogP contribution in [0.1, 0.15) is 31.6 Å². The molecule has 0 bridgehead atoms. The van der Waals surface area contributed by atoms with Gasteiger partial charge in [0.25, 0.3) is 0 Å². The number of nitrogens with one attached hydrogen (secondary N) is 1. The maximum absolute atomic E-state index is 6.31. The summed E-state index contributed by atoms with van der Waals surface area (Å²) in [6, 6.07) is 13.6. The number of nitrogens with zero attached hydrogens (tertiary/aromatic N) is 3. The number of ether oxygens (including phenoxy) is 3. The average Bonchev–Trinajstić information content (AvgIpc) is 2.95. The van der Waals surface area contributed by atoms with Gasteiger partial charge in [0.15, 0.2) is 23.4 Å². The lowest BCUT2D eigenvalue weighted by atomic mass is 10.1. The molecular formula is C22H24N4O3S. The lowest BCUT2D eigenvalue weighted by molar-refractivity contribution is 0.224. The Morgan fingerprint density at radius 1 is 1.07 bits per heavy atom. The molecule has 3 aromatic rings. The van der Waals surface area contributed by atoms with Crippen LogP contribution in [0.25, 0.3) is 11.3 Å². The van der Waals surface area contributed by atoms with Crippen LogP contribution in [0.4, 0.5) is 5.69 Å². The van der Waals surface area contributed by atoms with Crippen molar-refractivity contribution in [2.75, 3.05) is 25.3 Å². The number of methoxy groups -OCH3 is 2. The Morgan fingerprint density at radius 2 is 1.90 bits per heavy atom. The average molecular weight is 425 g/mol. The van der Waals surface area contributed by atoms with Crippen LogP contribution in [0.3, 0.4) is 0 Å². The Balaban J connectivity index is 1.74. The van der Waals surface area contributed by atoms with Gasteiger partial charge in [-0.1, -0.05) is 43.3 Å². The molecule has 0 fully saturated rings. The summed E-state index contributed by atoms with van der Waals surface area (Å²) in [5.74, 6) is 2.70. The summed E-state index contributed by atoms with van der Waals surface area (Å²) in [6.07, 6.45) is 1.75. The van der Waals surface area contributed by atoms with E-state index in [1.165, 1.54) is 0 Å². The third-order valence-corrected chi connectivity index (χ3v) is 5.70. The Hall–Kier alpha value is -3.00. The first kappa shape index (κ1) is 20.3. The molecule has 1 N–H and O–H groups in total. The third kappa shape index (κ3) is 4.14. The summed E-state index contributed by atoms with van der Waals surface area (Å²) >= 11 is 1.59. The zero-order chi connectivity index (χ0) is 20.9. The van der Waals surface area contributed by atoms with Gasteiger partial charge in [0.1, 0.15) is 0 Å². The molecule has 4 rings (SSSR count). The molecule has 0 radical (unpaired) electrons. The van der Waals surface area contributed by atoms with Crippen molar-refractivity contribution in [2.24, 2.45) is 0 Å². The van der Waals surface area contributed by atoms with E-state index in [9.17, 15) is 0 Å². The molecule has 1 aromatic heterocycles. The molecule has 1 aliphatic rings. The zero-order valence-electron chi connectivity index (χ0n) is 17.2. The van der Waals surface area contributed by atoms with E-state index in [1.54, 1.807) is 26.0 Å². The van der Waals surface area contributed by atoms with Crippen LogP contribution in [-0.4, -0.2) is 35.2 Å². The molecule has 1 aliphatic heterocycles. The van der Waals surface area contributed by atoms with Crippen molar-refractivity contribution in [3.63, 3.8) is 0 Å². The highest BCUT2D eigenvalue weighted by molar-refractivity contribution is 7.99. The maximum atomic E-state index is 6.31. The minimum Gasteiger partial charge on any atom is -0.493 e. The fraction of sp³-hybridized carbons (Fsp3) is 0.318. The van der Waals surface area contributed by atoms with Gasteiger partial charge < -0.3 is 19.5 Å². The van der Waals surface area contributed by atoms with E-state index in [4.69, 9.17) is 14.2 Å². The minimum atomic E-state index is -0.475. The lowest BCUT2D eigenvalue weighted by Crippen LogP contribution is -2.17. The van der Waals surface area contributed by atoms with Gasteiger partial charge in [0.2, 0.25) is 11.0 Å². The SMILES string of the molecule is CCCCSc1nnc2c(n1)O[C@@H](c1ccc(OC)c(OC)c1)Nc1ccccc1-2. The van der Waals surface area contributed by atoms with Crippen LogP contribution < -0.4 is 19.5 Å². The monoisotopic (exact) mass is 424 g/mol. The molecular weight excluding hydrogens is 400 g/mol. The second kappa shape index (κ2) is 9.21. The van der Waals surface area contributed by atoms with Crippen molar-refractivity contribution >= 4 is 17.4 Å². The van der Waals surface area contributed by atoms with Gasteiger partial charge in [-0.3, -0.25) is 0 Å². The van der Waals surface area contributed by atoms with Crippen LogP contribution >= 0.6 is 11.8 Å². The van der Waals surface area contributed by atoms with Crippen molar-refractivity contribution in [3.05, 3.63) is 48.0 Å². The molecule has 0 spiro atoms. The summed E-state index contributed by atoms with van der Waals surface area (Å²) in [4.78, 5) is 4.67. The number of hydrogen-bond donors (Lipinski definition) is 1. The third-order valence-electron chi connectivity index (χ3n) is 4.77. The maximum Gasteiger partial charge on any atom is 0.247 e.